The molecule has 0 spiro atoms. The first-order valence-corrected chi connectivity index (χ1v) is 3.07. The molecular weight excluding hydrogens is 114 g/mol. The van der Waals surface area contributed by atoms with Crippen LogP contribution in [0.15, 0.2) is 22.0 Å². The van der Waals surface area contributed by atoms with Gasteiger partial charge in [-0.25, -0.2) is 0 Å². The minimum Gasteiger partial charge on any atom is -0.305 e. The van der Waals surface area contributed by atoms with Crippen LogP contribution >= 0.6 is 0 Å². The maximum absolute atomic E-state index is 5.55. The molecule has 1 aliphatic rings. The van der Waals surface area contributed by atoms with Gasteiger partial charge in [0.25, 0.3) is 0 Å². The molecule has 1 heterocycles. The van der Waals surface area contributed by atoms with Crippen LogP contribution in [0.5, 0.6) is 0 Å². The molecule has 1 unspecified atom stereocenters. The van der Waals surface area contributed by atoms with Gasteiger partial charge in [-0.1, -0.05) is 13.8 Å². The van der Waals surface area contributed by atoms with E-state index in [1.165, 1.54) is 0 Å². The monoisotopic (exact) mass is 125 g/mol. The van der Waals surface area contributed by atoms with Gasteiger partial charge in [0.05, 0.1) is 6.20 Å². The number of nitrogens with zero attached hydrogens (tertiary/aromatic N) is 2. The first-order chi connectivity index (χ1) is 4.22. The third-order valence-electron chi connectivity index (χ3n) is 1.41. The first-order valence-electron chi connectivity index (χ1n) is 3.07. The van der Waals surface area contributed by atoms with Crippen LogP contribution in [-0.4, -0.2) is 6.17 Å². The van der Waals surface area contributed by atoms with E-state index < -0.39 is 0 Å². The van der Waals surface area contributed by atoms with E-state index in [1.54, 1.807) is 6.20 Å². The number of azo groups is 1. The summed E-state index contributed by atoms with van der Waals surface area (Å²) in [6, 6.07) is 0. The molecule has 3 heteroatoms. The summed E-state index contributed by atoms with van der Waals surface area (Å²) in [6.45, 7) is 4.17. The first kappa shape index (κ1) is 6.42. The van der Waals surface area contributed by atoms with Crippen LogP contribution in [0, 0.1) is 5.92 Å². The predicted octanol–water partition coefficient (Wildman–Crippen LogP) is 1.28. The standard InChI is InChI=1S/C6H11N3/c1-4(2)5-3-8-9-6(5)7/h3-4,6H,7H2,1-2H3. The molecule has 0 aromatic heterocycles. The van der Waals surface area contributed by atoms with Gasteiger partial charge in [-0.15, -0.1) is 0 Å². The van der Waals surface area contributed by atoms with Gasteiger partial charge in [-0.05, 0) is 11.5 Å². The van der Waals surface area contributed by atoms with Crippen LogP contribution < -0.4 is 5.73 Å². The van der Waals surface area contributed by atoms with E-state index in [2.05, 4.69) is 24.1 Å². The van der Waals surface area contributed by atoms with Crippen molar-refractivity contribution in [1.82, 2.24) is 0 Å². The molecule has 0 aromatic carbocycles. The Kier molecular flexibility index (Phi) is 1.62. The fraction of sp³-hybridized carbons (Fsp3) is 0.667. The van der Waals surface area contributed by atoms with Crippen LogP contribution in [0.1, 0.15) is 13.8 Å². The lowest BCUT2D eigenvalue weighted by atomic mass is 10.0. The Morgan fingerprint density at radius 3 is 2.56 bits per heavy atom. The third-order valence-corrected chi connectivity index (χ3v) is 1.41. The second-order valence-corrected chi connectivity index (χ2v) is 2.46. The number of hydrogen-bond donors (Lipinski definition) is 1. The predicted molar refractivity (Wildman–Crippen MR) is 35.8 cm³/mol. The molecule has 0 bridgehead atoms. The summed E-state index contributed by atoms with van der Waals surface area (Å²) in [5, 5.41) is 7.45. The summed E-state index contributed by atoms with van der Waals surface area (Å²) in [5.41, 5.74) is 6.67. The Hall–Kier alpha value is -0.700. The van der Waals surface area contributed by atoms with Gasteiger partial charge in [0, 0.05) is 0 Å². The van der Waals surface area contributed by atoms with Crippen molar-refractivity contribution in [1.29, 1.82) is 0 Å². The SMILES string of the molecule is CC(C)C1=CN=NC1N. The second kappa shape index (κ2) is 2.27. The van der Waals surface area contributed by atoms with Crippen molar-refractivity contribution < 1.29 is 0 Å². The largest absolute Gasteiger partial charge is 0.305 e. The second-order valence-electron chi connectivity index (χ2n) is 2.46. The van der Waals surface area contributed by atoms with Crippen molar-refractivity contribution in [2.75, 3.05) is 0 Å². The molecule has 3 nitrogen and oxygen atoms in total. The minimum atomic E-state index is -0.176. The molecule has 0 fully saturated rings. The summed E-state index contributed by atoms with van der Waals surface area (Å²) in [7, 11) is 0. The molecule has 1 atom stereocenters. The van der Waals surface area contributed by atoms with Crippen LogP contribution in [0.3, 0.4) is 0 Å². The fourth-order valence-corrected chi connectivity index (χ4v) is 0.805. The van der Waals surface area contributed by atoms with Crippen molar-refractivity contribution in [3.05, 3.63) is 11.8 Å². The van der Waals surface area contributed by atoms with Gasteiger partial charge in [0.2, 0.25) is 0 Å². The zero-order chi connectivity index (χ0) is 6.85. The molecule has 0 aromatic rings. The molecule has 0 radical (unpaired) electrons. The van der Waals surface area contributed by atoms with Crippen molar-refractivity contribution in [2.24, 2.45) is 21.9 Å². The highest BCUT2D eigenvalue weighted by atomic mass is 15.2. The zero-order valence-corrected chi connectivity index (χ0v) is 5.70. The zero-order valence-electron chi connectivity index (χ0n) is 5.70. The maximum atomic E-state index is 5.55. The molecule has 50 valence electrons. The highest BCUT2D eigenvalue weighted by molar-refractivity contribution is 5.13. The number of hydrogen-bond acceptors (Lipinski definition) is 3. The van der Waals surface area contributed by atoms with Crippen LogP contribution in [-0.2, 0) is 0 Å². The highest BCUT2D eigenvalue weighted by Gasteiger charge is 2.14. The topological polar surface area (TPSA) is 50.7 Å². The molecular formula is C6H11N3. The van der Waals surface area contributed by atoms with Gasteiger partial charge in [0.1, 0.15) is 6.17 Å². The maximum Gasteiger partial charge on any atom is 0.142 e. The Labute approximate surface area is 54.7 Å². The molecule has 0 amide bonds. The molecule has 9 heavy (non-hydrogen) atoms. The molecule has 2 N–H and O–H groups in total. The quantitative estimate of drug-likeness (QED) is 0.563. The lowest BCUT2D eigenvalue weighted by Gasteiger charge is -2.07. The summed E-state index contributed by atoms with van der Waals surface area (Å²) in [6.07, 6.45) is 1.57. The van der Waals surface area contributed by atoms with E-state index in [1.807, 2.05) is 0 Å². The van der Waals surface area contributed by atoms with E-state index in [4.69, 9.17) is 5.73 Å². The van der Waals surface area contributed by atoms with Gasteiger partial charge in [-0.3, -0.25) is 0 Å². The molecule has 0 aliphatic carbocycles. The average molecular weight is 125 g/mol. The lowest BCUT2D eigenvalue weighted by molar-refractivity contribution is 0.667. The van der Waals surface area contributed by atoms with E-state index in [9.17, 15) is 0 Å². The van der Waals surface area contributed by atoms with Crippen molar-refractivity contribution in [3.8, 4) is 0 Å². The lowest BCUT2D eigenvalue weighted by Crippen LogP contribution is -2.20. The molecule has 1 aliphatic heterocycles. The van der Waals surface area contributed by atoms with Crippen LogP contribution in [0.4, 0.5) is 0 Å². The Bertz CT molecular complexity index is 158. The summed E-state index contributed by atoms with van der Waals surface area (Å²) in [5.74, 6) is 0.468. The normalized spacial score (nSPS) is 25.3. The van der Waals surface area contributed by atoms with Crippen molar-refractivity contribution >= 4 is 0 Å². The van der Waals surface area contributed by atoms with Crippen LogP contribution in [0.25, 0.3) is 0 Å². The Morgan fingerprint density at radius 1 is 1.67 bits per heavy atom. The van der Waals surface area contributed by atoms with Gasteiger partial charge in [0.15, 0.2) is 0 Å². The smallest absolute Gasteiger partial charge is 0.142 e. The van der Waals surface area contributed by atoms with E-state index >= 15 is 0 Å². The van der Waals surface area contributed by atoms with Gasteiger partial charge in [-0.2, -0.15) is 10.2 Å². The third kappa shape index (κ3) is 1.16. The van der Waals surface area contributed by atoms with Gasteiger partial charge >= 0.3 is 0 Å². The molecule has 0 saturated carbocycles. The van der Waals surface area contributed by atoms with E-state index in [0.29, 0.717) is 5.92 Å². The Morgan fingerprint density at radius 2 is 2.33 bits per heavy atom. The van der Waals surface area contributed by atoms with E-state index in [0.717, 1.165) is 5.57 Å². The van der Waals surface area contributed by atoms with Gasteiger partial charge < -0.3 is 5.73 Å². The van der Waals surface area contributed by atoms with E-state index in [-0.39, 0.29) is 6.17 Å². The summed E-state index contributed by atoms with van der Waals surface area (Å²) < 4.78 is 0. The average Bonchev–Trinajstić information content (AvgIpc) is 2.13. The number of rotatable bonds is 1. The molecule has 1 rings (SSSR count). The highest BCUT2D eigenvalue weighted by Crippen LogP contribution is 2.18. The van der Waals surface area contributed by atoms with Crippen molar-refractivity contribution in [2.45, 2.75) is 20.0 Å². The summed E-state index contributed by atoms with van der Waals surface area (Å²) >= 11 is 0. The molecule has 0 saturated heterocycles. The fourth-order valence-electron chi connectivity index (χ4n) is 0.805. The minimum absolute atomic E-state index is 0.176. The van der Waals surface area contributed by atoms with Crippen molar-refractivity contribution in [3.63, 3.8) is 0 Å². The number of nitrogens with two attached hydrogens (primary N) is 1. The van der Waals surface area contributed by atoms with Crippen LogP contribution in [0.2, 0.25) is 0 Å². The Balaban J connectivity index is 2.64. The summed E-state index contributed by atoms with van der Waals surface area (Å²) in [4.78, 5) is 0.